The Morgan fingerprint density at radius 2 is 1.93 bits per heavy atom. The van der Waals surface area contributed by atoms with Crippen LogP contribution in [0.5, 0.6) is 5.75 Å². The van der Waals surface area contributed by atoms with Gasteiger partial charge in [-0.05, 0) is 31.2 Å². The molecule has 1 amide bonds. The Morgan fingerprint density at radius 1 is 1.17 bits per heavy atom. The third kappa shape index (κ3) is 4.45. The summed E-state index contributed by atoms with van der Waals surface area (Å²) < 4.78 is 7.48. The molecule has 0 radical (unpaired) electrons. The van der Waals surface area contributed by atoms with Crippen LogP contribution in [0.4, 0.5) is 5.69 Å². The minimum absolute atomic E-state index is 0.0144. The van der Waals surface area contributed by atoms with E-state index in [-0.39, 0.29) is 5.57 Å². The maximum absolute atomic E-state index is 12.7. The number of rotatable bonds is 7. The van der Waals surface area contributed by atoms with Crippen molar-refractivity contribution in [2.45, 2.75) is 19.9 Å². The Morgan fingerprint density at radius 3 is 2.69 bits per heavy atom. The Hall–Kier alpha value is -4.03. The number of amides is 1. The summed E-state index contributed by atoms with van der Waals surface area (Å²) in [5, 5.41) is 22.1. The molecule has 0 aliphatic heterocycles. The van der Waals surface area contributed by atoms with Crippen molar-refractivity contribution >= 4 is 28.6 Å². The fourth-order valence-electron chi connectivity index (χ4n) is 3.09. The molecular weight excluding hydrogens is 364 g/mol. The number of aryl methyl sites for hydroxylation is 1. The Kier molecular flexibility index (Phi) is 6.29. The zero-order valence-corrected chi connectivity index (χ0v) is 16.1. The lowest BCUT2D eigenvalue weighted by atomic mass is 10.1. The maximum Gasteiger partial charge on any atom is 0.266 e. The van der Waals surface area contributed by atoms with Crippen LogP contribution < -0.4 is 10.1 Å². The average Bonchev–Trinajstić information content (AvgIpc) is 3.09. The lowest BCUT2D eigenvalue weighted by Crippen LogP contribution is -2.14. The van der Waals surface area contributed by atoms with Gasteiger partial charge in [0.25, 0.3) is 5.91 Å². The van der Waals surface area contributed by atoms with Crippen molar-refractivity contribution in [1.82, 2.24) is 4.57 Å². The first kappa shape index (κ1) is 19.7. The Bertz CT molecular complexity index is 1150. The minimum Gasteiger partial charge on any atom is -0.492 e. The minimum atomic E-state index is -0.506. The second kappa shape index (κ2) is 9.25. The second-order valence-corrected chi connectivity index (χ2v) is 6.26. The van der Waals surface area contributed by atoms with E-state index in [1.807, 2.05) is 54.1 Å². The van der Waals surface area contributed by atoms with Crippen LogP contribution in [0.1, 0.15) is 18.9 Å². The van der Waals surface area contributed by atoms with Crippen LogP contribution in [-0.2, 0) is 11.3 Å². The Labute approximate surface area is 169 Å². The molecule has 29 heavy (non-hydrogen) atoms. The summed E-state index contributed by atoms with van der Waals surface area (Å²) in [6.07, 6.45) is 3.81. The van der Waals surface area contributed by atoms with Gasteiger partial charge in [-0.1, -0.05) is 30.3 Å². The molecule has 1 aromatic heterocycles. The second-order valence-electron chi connectivity index (χ2n) is 6.26. The summed E-state index contributed by atoms with van der Waals surface area (Å²) in [5.74, 6) is 0.0438. The first-order chi connectivity index (χ1) is 14.2. The van der Waals surface area contributed by atoms with Crippen LogP contribution in [0.25, 0.3) is 17.0 Å². The molecular formula is C23H20N4O2. The number of benzene rings is 2. The van der Waals surface area contributed by atoms with Crippen molar-refractivity contribution in [3.63, 3.8) is 0 Å². The highest BCUT2D eigenvalue weighted by Gasteiger charge is 2.14. The molecule has 0 saturated carbocycles. The number of fused-ring (bicyclic) bond motifs is 1. The van der Waals surface area contributed by atoms with E-state index < -0.39 is 5.91 Å². The van der Waals surface area contributed by atoms with Crippen LogP contribution in [-0.4, -0.2) is 17.1 Å². The quantitative estimate of drug-likeness (QED) is 0.480. The first-order valence-corrected chi connectivity index (χ1v) is 9.27. The molecule has 0 aliphatic rings. The van der Waals surface area contributed by atoms with Gasteiger partial charge in [-0.3, -0.25) is 4.79 Å². The third-order valence-electron chi connectivity index (χ3n) is 4.38. The molecule has 0 saturated heterocycles. The molecule has 144 valence electrons. The van der Waals surface area contributed by atoms with E-state index in [1.165, 1.54) is 0 Å². The number of nitrogens with one attached hydrogen (secondary N) is 1. The molecule has 0 fully saturated rings. The highest BCUT2D eigenvalue weighted by atomic mass is 16.5. The molecule has 1 N–H and O–H groups in total. The average molecular weight is 384 g/mol. The van der Waals surface area contributed by atoms with E-state index in [0.717, 1.165) is 16.5 Å². The maximum atomic E-state index is 12.7. The van der Waals surface area contributed by atoms with Crippen LogP contribution in [0.3, 0.4) is 0 Å². The van der Waals surface area contributed by atoms with E-state index in [9.17, 15) is 10.1 Å². The number of nitrogens with zero attached hydrogens (tertiary/aromatic N) is 3. The van der Waals surface area contributed by atoms with Crippen molar-refractivity contribution in [2.24, 2.45) is 0 Å². The van der Waals surface area contributed by atoms with Gasteiger partial charge in [0.05, 0.1) is 24.8 Å². The van der Waals surface area contributed by atoms with Crippen molar-refractivity contribution < 1.29 is 9.53 Å². The standard InChI is InChI=1S/C23H20N4O2/c1-2-29-22-11-6-4-9-20(22)26-23(28)17(15-25)14-18-16-27(13-7-12-24)21-10-5-3-8-19(18)21/h3-6,8-11,14,16H,2,7,13H2,1H3,(H,26,28)/b17-14+. The predicted octanol–water partition coefficient (Wildman–Crippen LogP) is 4.50. The summed E-state index contributed by atoms with van der Waals surface area (Å²) in [7, 11) is 0. The summed E-state index contributed by atoms with van der Waals surface area (Å²) in [5.41, 5.74) is 2.20. The molecule has 1 heterocycles. The van der Waals surface area contributed by atoms with E-state index in [1.54, 1.807) is 24.3 Å². The fraction of sp³-hybridized carbons (Fsp3) is 0.174. The van der Waals surface area contributed by atoms with Gasteiger partial charge in [0.2, 0.25) is 0 Å². The molecule has 0 bridgehead atoms. The first-order valence-electron chi connectivity index (χ1n) is 9.27. The SMILES string of the molecule is CCOc1ccccc1NC(=O)/C(C#N)=C/c1cn(CCC#N)c2ccccc12. The lowest BCUT2D eigenvalue weighted by Gasteiger charge is -2.10. The molecule has 0 unspecified atom stereocenters. The van der Waals surface area contributed by atoms with Crippen molar-refractivity contribution in [1.29, 1.82) is 10.5 Å². The van der Waals surface area contributed by atoms with Crippen molar-refractivity contribution in [3.8, 4) is 17.9 Å². The molecule has 2 aromatic carbocycles. The van der Waals surface area contributed by atoms with E-state index >= 15 is 0 Å². The number of carbonyl (C=O) groups is 1. The topological polar surface area (TPSA) is 90.8 Å². The molecule has 0 aliphatic carbocycles. The number of nitriles is 2. The Balaban J connectivity index is 1.94. The molecule has 0 spiro atoms. The molecule has 3 rings (SSSR count). The monoisotopic (exact) mass is 384 g/mol. The van der Waals surface area contributed by atoms with Crippen LogP contribution in [0.15, 0.2) is 60.3 Å². The van der Waals surface area contributed by atoms with Crippen LogP contribution in [0, 0.1) is 22.7 Å². The van der Waals surface area contributed by atoms with Gasteiger partial charge < -0.3 is 14.6 Å². The number of hydrogen-bond donors (Lipinski definition) is 1. The molecule has 6 heteroatoms. The highest BCUT2D eigenvalue weighted by molar-refractivity contribution is 6.11. The zero-order chi connectivity index (χ0) is 20.6. The largest absolute Gasteiger partial charge is 0.492 e. The van der Waals surface area contributed by atoms with Gasteiger partial charge in [0.15, 0.2) is 0 Å². The van der Waals surface area contributed by atoms with Gasteiger partial charge in [-0.15, -0.1) is 0 Å². The van der Waals surface area contributed by atoms with Gasteiger partial charge in [0.1, 0.15) is 17.4 Å². The van der Waals surface area contributed by atoms with Gasteiger partial charge in [-0.2, -0.15) is 10.5 Å². The van der Waals surface area contributed by atoms with Crippen LogP contribution in [0.2, 0.25) is 0 Å². The van der Waals surface area contributed by atoms with Gasteiger partial charge >= 0.3 is 0 Å². The smallest absolute Gasteiger partial charge is 0.266 e. The van der Waals surface area contributed by atoms with Gasteiger partial charge in [0, 0.05) is 29.2 Å². The fourth-order valence-corrected chi connectivity index (χ4v) is 3.09. The normalized spacial score (nSPS) is 10.9. The van der Waals surface area contributed by atoms with E-state index in [4.69, 9.17) is 10.00 Å². The van der Waals surface area contributed by atoms with Crippen molar-refractivity contribution in [3.05, 3.63) is 65.9 Å². The molecule has 6 nitrogen and oxygen atoms in total. The highest BCUT2D eigenvalue weighted by Crippen LogP contribution is 2.26. The van der Waals surface area contributed by atoms with Crippen LogP contribution >= 0.6 is 0 Å². The molecule has 3 aromatic rings. The van der Waals surface area contributed by atoms with E-state index in [2.05, 4.69) is 11.4 Å². The predicted molar refractivity (Wildman–Crippen MR) is 112 cm³/mol. The zero-order valence-electron chi connectivity index (χ0n) is 16.1. The number of anilines is 1. The number of aromatic nitrogens is 1. The summed E-state index contributed by atoms with van der Waals surface area (Å²) in [4.78, 5) is 12.7. The number of hydrogen-bond acceptors (Lipinski definition) is 4. The van der Waals surface area contributed by atoms with E-state index in [0.29, 0.717) is 31.0 Å². The summed E-state index contributed by atoms with van der Waals surface area (Å²) in [6, 6.07) is 18.9. The summed E-state index contributed by atoms with van der Waals surface area (Å²) >= 11 is 0. The third-order valence-corrected chi connectivity index (χ3v) is 4.38. The van der Waals surface area contributed by atoms with Gasteiger partial charge in [-0.25, -0.2) is 0 Å². The summed E-state index contributed by atoms with van der Waals surface area (Å²) in [6.45, 7) is 2.87. The van der Waals surface area contributed by atoms with Crippen molar-refractivity contribution in [2.75, 3.05) is 11.9 Å². The lowest BCUT2D eigenvalue weighted by molar-refractivity contribution is -0.112. The molecule has 0 atom stereocenters. The number of para-hydroxylation sites is 3. The number of ether oxygens (including phenoxy) is 1. The number of carbonyl (C=O) groups excluding carboxylic acids is 1.